The Labute approximate surface area is 88.4 Å². The number of aryl methyl sites for hydroxylation is 3. The quantitative estimate of drug-likeness (QED) is 0.706. The number of fused-ring (bicyclic) bond motifs is 1. The van der Waals surface area contributed by atoms with E-state index in [1.54, 1.807) is 7.05 Å². The van der Waals surface area contributed by atoms with Gasteiger partial charge in [-0.05, 0) is 18.9 Å². The van der Waals surface area contributed by atoms with Gasteiger partial charge in [0.2, 0.25) is 0 Å². The van der Waals surface area contributed by atoms with Crippen LogP contribution in [0.2, 0.25) is 0 Å². The fourth-order valence-electron chi connectivity index (χ4n) is 1.90. The summed E-state index contributed by atoms with van der Waals surface area (Å²) < 4.78 is 1.42. The lowest BCUT2D eigenvalue weighted by Gasteiger charge is -2.07. The predicted octanol–water partition coefficient (Wildman–Crippen LogP) is 1.80. The first-order valence-electron chi connectivity index (χ1n) is 5.10. The van der Waals surface area contributed by atoms with Crippen molar-refractivity contribution in [3.63, 3.8) is 0 Å². The van der Waals surface area contributed by atoms with Crippen molar-refractivity contribution in [2.45, 2.75) is 20.3 Å². The van der Waals surface area contributed by atoms with Crippen LogP contribution in [-0.4, -0.2) is 9.78 Å². The van der Waals surface area contributed by atoms with Gasteiger partial charge in [0, 0.05) is 12.4 Å². The van der Waals surface area contributed by atoms with Gasteiger partial charge in [0.25, 0.3) is 5.56 Å². The number of hydrogen-bond acceptors (Lipinski definition) is 2. The third kappa shape index (κ3) is 1.44. The van der Waals surface area contributed by atoms with Gasteiger partial charge in [-0.15, -0.1) is 0 Å². The van der Waals surface area contributed by atoms with Crippen LogP contribution in [-0.2, 0) is 13.5 Å². The Kier molecular flexibility index (Phi) is 2.31. The molecule has 2 aromatic rings. The number of nitrogens with zero attached hydrogens (tertiary/aromatic N) is 2. The first kappa shape index (κ1) is 9.90. The van der Waals surface area contributed by atoms with Crippen molar-refractivity contribution in [3.05, 3.63) is 39.8 Å². The zero-order valence-electron chi connectivity index (χ0n) is 9.24. The minimum absolute atomic E-state index is 0.0136. The molecule has 0 aliphatic heterocycles. The zero-order chi connectivity index (χ0) is 11.0. The SMILES string of the molecule is CCc1nn(C)c(=O)c2c(C)cccc12. The Morgan fingerprint density at radius 2 is 2.13 bits per heavy atom. The molecule has 1 heterocycles. The summed E-state index contributed by atoms with van der Waals surface area (Å²) >= 11 is 0. The number of rotatable bonds is 1. The van der Waals surface area contributed by atoms with Crippen molar-refractivity contribution < 1.29 is 0 Å². The summed E-state index contributed by atoms with van der Waals surface area (Å²) in [5, 5.41) is 6.05. The van der Waals surface area contributed by atoms with Crippen molar-refractivity contribution in [2.75, 3.05) is 0 Å². The monoisotopic (exact) mass is 202 g/mol. The molecule has 0 amide bonds. The third-order valence-corrected chi connectivity index (χ3v) is 2.70. The zero-order valence-corrected chi connectivity index (χ0v) is 9.24. The van der Waals surface area contributed by atoms with E-state index < -0.39 is 0 Å². The average Bonchev–Trinajstić information content (AvgIpc) is 2.23. The minimum Gasteiger partial charge on any atom is -0.267 e. The maximum atomic E-state index is 11.9. The van der Waals surface area contributed by atoms with E-state index in [1.807, 2.05) is 25.1 Å². The van der Waals surface area contributed by atoms with Crippen molar-refractivity contribution in [3.8, 4) is 0 Å². The van der Waals surface area contributed by atoms with Gasteiger partial charge < -0.3 is 0 Å². The van der Waals surface area contributed by atoms with E-state index in [0.29, 0.717) is 0 Å². The van der Waals surface area contributed by atoms with Gasteiger partial charge in [-0.1, -0.05) is 25.1 Å². The number of aromatic nitrogens is 2. The van der Waals surface area contributed by atoms with Gasteiger partial charge in [-0.2, -0.15) is 5.10 Å². The molecule has 2 rings (SSSR count). The van der Waals surface area contributed by atoms with Crippen molar-refractivity contribution in [2.24, 2.45) is 7.05 Å². The molecule has 0 saturated carbocycles. The molecule has 0 spiro atoms. The normalized spacial score (nSPS) is 10.9. The van der Waals surface area contributed by atoms with E-state index >= 15 is 0 Å². The van der Waals surface area contributed by atoms with Gasteiger partial charge in [-0.25, -0.2) is 4.68 Å². The van der Waals surface area contributed by atoms with E-state index in [-0.39, 0.29) is 5.56 Å². The van der Waals surface area contributed by atoms with Crippen molar-refractivity contribution in [1.29, 1.82) is 0 Å². The molecule has 0 N–H and O–H groups in total. The van der Waals surface area contributed by atoms with E-state index in [4.69, 9.17) is 0 Å². The third-order valence-electron chi connectivity index (χ3n) is 2.70. The maximum Gasteiger partial charge on any atom is 0.274 e. The average molecular weight is 202 g/mol. The molecular formula is C12H14N2O. The molecule has 0 aliphatic carbocycles. The fraction of sp³-hybridized carbons (Fsp3) is 0.333. The van der Waals surface area contributed by atoms with E-state index in [0.717, 1.165) is 28.5 Å². The summed E-state index contributed by atoms with van der Waals surface area (Å²) in [4.78, 5) is 11.9. The first-order chi connectivity index (χ1) is 7.15. The lowest BCUT2D eigenvalue weighted by atomic mass is 10.1. The van der Waals surface area contributed by atoms with Crippen molar-refractivity contribution >= 4 is 10.8 Å². The second-order valence-corrected chi connectivity index (χ2v) is 3.73. The molecule has 15 heavy (non-hydrogen) atoms. The van der Waals surface area contributed by atoms with Gasteiger partial charge in [0.05, 0.1) is 11.1 Å². The van der Waals surface area contributed by atoms with E-state index in [2.05, 4.69) is 12.0 Å². The van der Waals surface area contributed by atoms with Crippen LogP contribution in [0.4, 0.5) is 0 Å². The van der Waals surface area contributed by atoms with Gasteiger partial charge in [-0.3, -0.25) is 4.79 Å². The van der Waals surface area contributed by atoms with E-state index in [1.165, 1.54) is 4.68 Å². The molecule has 0 atom stereocenters. The highest BCUT2D eigenvalue weighted by Crippen LogP contribution is 2.16. The summed E-state index contributed by atoms with van der Waals surface area (Å²) in [6.45, 7) is 4.01. The summed E-state index contributed by atoms with van der Waals surface area (Å²) in [7, 11) is 1.70. The Morgan fingerprint density at radius 3 is 2.80 bits per heavy atom. The Bertz CT molecular complexity index is 570. The Morgan fingerprint density at radius 1 is 1.40 bits per heavy atom. The molecule has 1 aromatic heterocycles. The molecule has 3 heteroatoms. The van der Waals surface area contributed by atoms with Gasteiger partial charge in [0.15, 0.2) is 0 Å². The van der Waals surface area contributed by atoms with Crippen LogP contribution in [0.25, 0.3) is 10.8 Å². The topological polar surface area (TPSA) is 34.9 Å². The molecule has 0 unspecified atom stereocenters. The summed E-state index contributed by atoms with van der Waals surface area (Å²) in [5.74, 6) is 0. The number of benzene rings is 1. The minimum atomic E-state index is -0.0136. The van der Waals surface area contributed by atoms with Crippen molar-refractivity contribution in [1.82, 2.24) is 9.78 Å². The van der Waals surface area contributed by atoms with Crippen LogP contribution in [0.1, 0.15) is 18.2 Å². The summed E-state index contributed by atoms with van der Waals surface area (Å²) in [6.07, 6.45) is 0.841. The standard InChI is InChI=1S/C12H14N2O/c1-4-10-9-7-5-6-8(2)11(9)12(15)14(3)13-10/h5-7H,4H2,1-3H3. The van der Waals surface area contributed by atoms with Crippen LogP contribution < -0.4 is 5.56 Å². The van der Waals surface area contributed by atoms with Crippen LogP contribution in [0.15, 0.2) is 23.0 Å². The van der Waals surface area contributed by atoms with Crippen LogP contribution in [0.5, 0.6) is 0 Å². The summed E-state index contributed by atoms with van der Waals surface area (Å²) in [5.41, 5.74) is 1.99. The highest BCUT2D eigenvalue weighted by molar-refractivity contribution is 5.86. The molecule has 1 aromatic carbocycles. The first-order valence-corrected chi connectivity index (χ1v) is 5.10. The van der Waals surface area contributed by atoms with Crippen LogP contribution in [0, 0.1) is 6.92 Å². The predicted molar refractivity (Wildman–Crippen MR) is 61.1 cm³/mol. The Balaban J connectivity index is 3.03. The lowest BCUT2D eigenvalue weighted by Crippen LogP contribution is -2.22. The molecular weight excluding hydrogens is 188 g/mol. The highest BCUT2D eigenvalue weighted by Gasteiger charge is 2.08. The van der Waals surface area contributed by atoms with E-state index in [9.17, 15) is 4.79 Å². The molecule has 0 aliphatic rings. The lowest BCUT2D eigenvalue weighted by molar-refractivity contribution is 0.693. The summed E-state index contributed by atoms with van der Waals surface area (Å²) in [6, 6.07) is 5.90. The molecule has 78 valence electrons. The number of hydrogen-bond donors (Lipinski definition) is 0. The van der Waals surface area contributed by atoms with Crippen LogP contribution >= 0.6 is 0 Å². The van der Waals surface area contributed by atoms with Gasteiger partial charge >= 0.3 is 0 Å². The Hall–Kier alpha value is -1.64. The second-order valence-electron chi connectivity index (χ2n) is 3.73. The van der Waals surface area contributed by atoms with Crippen LogP contribution in [0.3, 0.4) is 0 Å². The fourth-order valence-corrected chi connectivity index (χ4v) is 1.90. The smallest absolute Gasteiger partial charge is 0.267 e. The molecule has 0 bridgehead atoms. The van der Waals surface area contributed by atoms with Gasteiger partial charge in [0.1, 0.15) is 0 Å². The highest BCUT2D eigenvalue weighted by atomic mass is 16.1. The molecule has 0 radical (unpaired) electrons. The maximum absolute atomic E-state index is 11.9. The largest absolute Gasteiger partial charge is 0.274 e. The second kappa shape index (κ2) is 3.50. The molecule has 0 saturated heterocycles. The molecule has 3 nitrogen and oxygen atoms in total. The molecule has 0 fully saturated rings.